The summed E-state index contributed by atoms with van der Waals surface area (Å²) in [5.41, 5.74) is -0.522. The Morgan fingerprint density at radius 3 is 2.69 bits per heavy atom. The van der Waals surface area contributed by atoms with Crippen LogP contribution in [0.25, 0.3) is 0 Å². The topological polar surface area (TPSA) is 89.7 Å². The maximum atomic E-state index is 10.9. The Kier molecular flexibility index (Phi) is 4.05. The number of hydrogen-bond acceptors (Lipinski definition) is 4. The van der Waals surface area contributed by atoms with Crippen molar-refractivity contribution in [2.75, 3.05) is 6.61 Å². The van der Waals surface area contributed by atoms with Gasteiger partial charge in [0.1, 0.15) is 5.56 Å². The molecule has 0 atom stereocenters. The summed E-state index contributed by atoms with van der Waals surface area (Å²) >= 11 is 1.82. The number of carboxylic acids is 1. The number of nitrogens with zero attached hydrogens (tertiary/aromatic N) is 1. The molecule has 0 saturated heterocycles. The molecule has 1 aromatic carbocycles. The molecule has 0 aliphatic rings. The van der Waals surface area contributed by atoms with E-state index in [9.17, 15) is 14.9 Å². The minimum atomic E-state index is -1.25. The molecule has 0 fully saturated rings. The van der Waals surface area contributed by atoms with Gasteiger partial charge in [0.2, 0.25) is 5.75 Å². The van der Waals surface area contributed by atoms with E-state index in [1.807, 2.05) is 22.6 Å². The Bertz CT molecular complexity index is 411. The maximum absolute atomic E-state index is 10.9. The van der Waals surface area contributed by atoms with Gasteiger partial charge in [0.15, 0.2) is 0 Å². The van der Waals surface area contributed by atoms with Gasteiger partial charge >= 0.3 is 11.7 Å². The van der Waals surface area contributed by atoms with Crippen LogP contribution in [0, 0.1) is 13.7 Å². The van der Waals surface area contributed by atoms with Gasteiger partial charge in [-0.25, -0.2) is 4.79 Å². The van der Waals surface area contributed by atoms with Gasteiger partial charge in [0.05, 0.1) is 11.5 Å². The van der Waals surface area contributed by atoms with Crippen LogP contribution in [0.3, 0.4) is 0 Å². The number of halogens is 1. The fourth-order valence-electron chi connectivity index (χ4n) is 1.17. The molecular weight excluding hydrogens is 329 g/mol. The highest BCUT2D eigenvalue weighted by atomic mass is 127. The van der Waals surface area contributed by atoms with Crippen molar-refractivity contribution in [2.45, 2.75) is 6.92 Å². The average Bonchev–Trinajstić information content (AvgIpc) is 2.19. The molecule has 0 heterocycles. The lowest BCUT2D eigenvalue weighted by atomic mass is 10.2. The molecule has 0 aliphatic heterocycles. The van der Waals surface area contributed by atoms with Crippen molar-refractivity contribution < 1.29 is 19.6 Å². The SMILES string of the molecule is CCOc1c(C(=O)O)cc(I)cc1[N+](=O)[O-]. The summed E-state index contributed by atoms with van der Waals surface area (Å²) in [6.07, 6.45) is 0. The highest BCUT2D eigenvalue weighted by molar-refractivity contribution is 14.1. The summed E-state index contributed by atoms with van der Waals surface area (Å²) < 4.78 is 5.50. The normalized spacial score (nSPS) is 9.88. The van der Waals surface area contributed by atoms with Crippen LogP contribution >= 0.6 is 22.6 Å². The third-order valence-electron chi connectivity index (χ3n) is 1.75. The smallest absolute Gasteiger partial charge is 0.339 e. The summed E-state index contributed by atoms with van der Waals surface area (Å²) in [6.45, 7) is 1.80. The molecule has 1 aromatic rings. The lowest BCUT2D eigenvalue weighted by Crippen LogP contribution is -2.06. The monoisotopic (exact) mass is 337 g/mol. The molecule has 7 heteroatoms. The second-order valence-electron chi connectivity index (χ2n) is 2.80. The first kappa shape index (κ1) is 12.7. The predicted octanol–water partition coefficient (Wildman–Crippen LogP) is 2.30. The number of ether oxygens (including phenoxy) is 1. The van der Waals surface area contributed by atoms with Crippen LogP contribution in [-0.4, -0.2) is 22.6 Å². The zero-order chi connectivity index (χ0) is 12.3. The largest absolute Gasteiger partial charge is 0.487 e. The average molecular weight is 337 g/mol. The highest BCUT2D eigenvalue weighted by Gasteiger charge is 2.24. The Morgan fingerprint density at radius 2 is 2.25 bits per heavy atom. The van der Waals surface area contributed by atoms with Crippen LogP contribution in [0.4, 0.5) is 5.69 Å². The van der Waals surface area contributed by atoms with Gasteiger partial charge < -0.3 is 9.84 Å². The molecule has 0 radical (unpaired) electrons. The molecule has 0 bridgehead atoms. The summed E-state index contributed by atoms with van der Waals surface area (Å²) in [5, 5.41) is 19.7. The number of carbonyl (C=O) groups is 1. The van der Waals surface area contributed by atoms with Crippen molar-refractivity contribution >= 4 is 34.2 Å². The van der Waals surface area contributed by atoms with Crippen LogP contribution in [0.15, 0.2) is 12.1 Å². The number of hydrogen-bond donors (Lipinski definition) is 1. The van der Waals surface area contributed by atoms with Gasteiger partial charge in [0.25, 0.3) is 0 Å². The molecule has 0 aliphatic carbocycles. The number of benzene rings is 1. The molecule has 0 unspecified atom stereocenters. The lowest BCUT2D eigenvalue weighted by molar-refractivity contribution is -0.386. The number of nitro groups is 1. The van der Waals surface area contributed by atoms with E-state index in [1.165, 1.54) is 12.1 Å². The Morgan fingerprint density at radius 1 is 1.62 bits per heavy atom. The molecule has 1 rings (SSSR count). The van der Waals surface area contributed by atoms with Crippen LogP contribution in [0.5, 0.6) is 5.75 Å². The van der Waals surface area contributed by atoms with Crippen molar-refractivity contribution in [3.63, 3.8) is 0 Å². The summed E-state index contributed by atoms with van der Waals surface area (Å²) in [7, 11) is 0. The summed E-state index contributed by atoms with van der Waals surface area (Å²) in [4.78, 5) is 21.0. The number of carboxylic acid groups (broad SMARTS) is 1. The van der Waals surface area contributed by atoms with E-state index in [4.69, 9.17) is 9.84 Å². The Hall–Kier alpha value is -1.38. The third-order valence-corrected chi connectivity index (χ3v) is 2.37. The van der Waals surface area contributed by atoms with Gasteiger partial charge in [-0.1, -0.05) is 0 Å². The van der Waals surface area contributed by atoms with E-state index >= 15 is 0 Å². The molecule has 6 nitrogen and oxygen atoms in total. The van der Waals surface area contributed by atoms with E-state index in [0.29, 0.717) is 3.57 Å². The van der Waals surface area contributed by atoms with E-state index in [-0.39, 0.29) is 23.6 Å². The molecule has 16 heavy (non-hydrogen) atoms. The number of rotatable bonds is 4. The van der Waals surface area contributed by atoms with Crippen molar-refractivity contribution in [1.29, 1.82) is 0 Å². The van der Waals surface area contributed by atoms with Crippen molar-refractivity contribution in [3.8, 4) is 5.75 Å². The fraction of sp³-hybridized carbons (Fsp3) is 0.222. The van der Waals surface area contributed by atoms with Crippen molar-refractivity contribution in [1.82, 2.24) is 0 Å². The molecule has 0 saturated carbocycles. The zero-order valence-corrected chi connectivity index (χ0v) is 10.4. The van der Waals surface area contributed by atoms with Gasteiger partial charge in [0, 0.05) is 9.64 Å². The molecule has 0 aromatic heterocycles. The Labute approximate surface area is 105 Å². The first-order valence-electron chi connectivity index (χ1n) is 4.31. The lowest BCUT2D eigenvalue weighted by Gasteiger charge is -2.08. The molecule has 1 N–H and O–H groups in total. The third kappa shape index (κ3) is 2.60. The summed E-state index contributed by atoms with van der Waals surface area (Å²) in [5.74, 6) is -1.44. The zero-order valence-electron chi connectivity index (χ0n) is 8.27. The fourth-order valence-corrected chi connectivity index (χ4v) is 1.78. The number of nitro benzene ring substituents is 1. The van der Waals surface area contributed by atoms with E-state index in [0.717, 1.165) is 0 Å². The number of aromatic carboxylic acids is 1. The summed E-state index contributed by atoms with van der Waals surface area (Å²) in [6, 6.07) is 2.61. The maximum Gasteiger partial charge on any atom is 0.339 e. The highest BCUT2D eigenvalue weighted by Crippen LogP contribution is 2.33. The minimum Gasteiger partial charge on any atom is -0.487 e. The second-order valence-corrected chi connectivity index (χ2v) is 4.04. The molecule has 0 spiro atoms. The molecule has 0 amide bonds. The van der Waals surface area contributed by atoms with Crippen molar-refractivity contribution in [2.24, 2.45) is 0 Å². The van der Waals surface area contributed by atoms with Gasteiger partial charge in [-0.15, -0.1) is 0 Å². The van der Waals surface area contributed by atoms with Gasteiger partial charge in [-0.2, -0.15) is 0 Å². The molecule has 86 valence electrons. The van der Waals surface area contributed by atoms with Gasteiger partial charge in [-0.05, 0) is 35.6 Å². The first-order chi connectivity index (χ1) is 7.47. The quantitative estimate of drug-likeness (QED) is 0.517. The predicted molar refractivity (Wildman–Crippen MR) is 63.9 cm³/mol. The Balaban J connectivity index is 3.47. The van der Waals surface area contributed by atoms with Crippen LogP contribution in [-0.2, 0) is 0 Å². The van der Waals surface area contributed by atoms with Crippen LogP contribution in [0.2, 0.25) is 0 Å². The minimum absolute atomic E-state index is 0.168. The second kappa shape index (κ2) is 5.10. The first-order valence-corrected chi connectivity index (χ1v) is 5.39. The van der Waals surface area contributed by atoms with Crippen LogP contribution < -0.4 is 4.74 Å². The molecular formula is C9H8INO5. The van der Waals surface area contributed by atoms with E-state index in [2.05, 4.69) is 0 Å². The van der Waals surface area contributed by atoms with Crippen molar-refractivity contribution in [3.05, 3.63) is 31.4 Å². The standard InChI is InChI=1S/C9H8INO5/c1-2-16-8-6(9(12)13)3-5(10)4-7(8)11(14)15/h3-4H,2H2,1H3,(H,12,13). The van der Waals surface area contributed by atoms with Gasteiger partial charge in [-0.3, -0.25) is 10.1 Å². The van der Waals surface area contributed by atoms with Crippen LogP contribution in [0.1, 0.15) is 17.3 Å². The van der Waals surface area contributed by atoms with E-state index < -0.39 is 10.9 Å². The van der Waals surface area contributed by atoms with E-state index in [1.54, 1.807) is 6.92 Å².